The van der Waals surface area contributed by atoms with Crippen molar-refractivity contribution in [2.24, 2.45) is 11.3 Å². The lowest BCUT2D eigenvalue weighted by atomic mass is 9.81. The highest BCUT2D eigenvalue weighted by atomic mass is 16.5. The fourth-order valence-corrected chi connectivity index (χ4v) is 4.99. The molecule has 0 spiro atoms. The lowest BCUT2D eigenvalue weighted by Crippen LogP contribution is -2.48. The second kappa shape index (κ2) is 9.33. The van der Waals surface area contributed by atoms with Crippen LogP contribution < -0.4 is 5.32 Å². The van der Waals surface area contributed by atoms with Gasteiger partial charge in [-0.1, -0.05) is 61.5 Å². The number of alkyl carbamates (subject to hydrolysis) is 1. The Labute approximate surface area is 199 Å². The van der Waals surface area contributed by atoms with Crippen molar-refractivity contribution in [1.29, 1.82) is 0 Å². The molecule has 3 atom stereocenters. The molecule has 7 heteroatoms. The van der Waals surface area contributed by atoms with Crippen LogP contribution >= 0.6 is 0 Å². The van der Waals surface area contributed by atoms with Crippen LogP contribution in [0.25, 0.3) is 11.1 Å². The van der Waals surface area contributed by atoms with Crippen LogP contribution in [-0.4, -0.2) is 53.7 Å². The predicted octanol–water partition coefficient (Wildman–Crippen LogP) is 4.04. The van der Waals surface area contributed by atoms with Crippen LogP contribution in [0.1, 0.15) is 37.3 Å². The summed E-state index contributed by atoms with van der Waals surface area (Å²) in [5, 5.41) is 12.3. The van der Waals surface area contributed by atoms with Crippen LogP contribution in [0.15, 0.2) is 61.2 Å². The lowest BCUT2D eigenvalue weighted by Gasteiger charge is -2.25. The van der Waals surface area contributed by atoms with E-state index in [4.69, 9.17) is 4.74 Å². The number of nitrogens with one attached hydrogen (secondary N) is 1. The van der Waals surface area contributed by atoms with Gasteiger partial charge in [0, 0.05) is 19.0 Å². The number of benzene rings is 2. The molecule has 2 amide bonds. The average molecular weight is 463 g/mol. The van der Waals surface area contributed by atoms with Crippen LogP contribution in [0.2, 0.25) is 0 Å². The van der Waals surface area contributed by atoms with E-state index >= 15 is 0 Å². The standard InChI is InChI=1S/C27H30N2O5/c1-4-9-23(24(30)29-14-17(2)27(3,16-29)25(31)32)28-26(33)34-15-22-20-12-7-5-10-18(20)19-11-6-8-13-21(19)22/h4-8,10-13,17,22-23H,1,9,14-16H2,2-3H3,(H,28,33)(H,31,32). The van der Waals surface area contributed by atoms with Crippen molar-refractivity contribution in [2.45, 2.75) is 32.2 Å². The first-order chi connectivity index (χ1) is 16.3. The summed E-state index contributed by atoms with van der Waals surface area (Å²) in [7, 11) is 0. The molecule has 3 unspecified atom stereocenters. The first-order valence-electron chi connectivity index (χ1n) is 11.5. The molecule has 34 heavy (non-hydrogen) atoms. The fourth-order valence-electron chi connectivity index (χ4n) is 4.99. The number of amides is 2. The Kier molecular flexibility index (Phi) is 6.46. The van der Waals surface area contributed by atoms with E-state index in [-0.39, 0.29) is 37.3 Å². The maximum absolute atomic E-state index is 13.1. The number of ether oxygens (including phenoxy) is 1. The normalized spacial score (nSPS) is 21.9. The maximum atomic E-state index is 13.1. The molecule has 0 radical (unpaired) electrons. The van der Waals surface area contributed by atoms with Gasteiger partial charge in [-0.15, -0.1) is 6.58 Å². The highest BCUT2D eigenvalue weighted by Gasteiger charge is 2.48. The van der Waals surface area contributed by atoms with Gasteiger partial charge in [-0.2, -0.15) is 0 Å². The minimum Gasteiger partial charge on any atom is -0.481 e. The Bertz CT molecular complexity index is 1080. The molecule has 1 saturated heterocycles. The Hall–Kier alpha value is -3.61. The van der Waals surface area contributed by atoms with Crippen LogP contribution in [0.3, 0.4) is 0 Å². The van der Waals surface area contributed by atoms with E-state index < -0.39 is 23.5 Å². The average Bonchev–Trinajstić information content (AvgIpc) is 3.32. The molecule has 2 aromatic rings. The zero-order chi connectivity index (χ0) is 24.5. The highest BCUT2D eigenvalue weighted by Crippen LogP contribution is 2.44. The first kappa shape index (κ1) is 23.5. The highest BCUT2D eigenvalue weighted by molar-refractivity contribution is 5.87. The zero-order valence-electron chi connectivity index (χ0n) is 19.5. The van der Waals surface area contributed by atoms with Gasteiger partial charge < -0.3 is 20.1 Å². The molecule has 178 valence electrons. The van der Waals surface area contributed by atoms with E-state index in [0.29, 0.717) is 6.54 Å². The second-order valence-corrected chi connectivity index (χ2v) is 9.39. The van der Waals surface area contributed by atoms with Crippen LogP contribution in [-0.2, 0) is 14.3 Å². The van der Waals surface area contributed by atoms with E-state index in [9.17, 15) is 19.5 Å². The molecule has 4 rings (SSSR count). The molecular formula is C27H30N2O5. The molecule has 7 nitrogen and oxygen atoms in total. The number of fused-ring (bicyclic) bond motifs is 3. The van der Waals surface area contributed by atoms with Crippen molar-refractivity contribution in [3.05, 3.63) is 72.3 Å². The van der Waals surface area contributed by atoms with E-state index in [1.807, 2.05) is 43.3 Å². The summed E-state index contributed by atoms with van der Waals surface area (Å²) in [5.41, 5.74) is 3.47. The molecule has 2 aromatic carbocycles. The predicted molar refractivity (Wildman–Crippen MR) is 128 cm³/mol. The second-order valence-electron chi connectivity index (χ2n) is 9.39. The maximum Gasteiger partial charge on any atom is 0.407 e. The minimum absolute atomic E-state index is 0.0811. The smallest absolute Gasteiger partial charge is 0.407 e. The van der Waals surface area contributed by atoms with Crippen molar-refractivity contribution in [2.75, 3.05) is 19.7 Å². The zero-order valence-corrected chi connectivity index (χ0v) is 19.5. The monoisotopic (exact) mass is 462 g/mol. The molecule has 0 saturated carbocycles. The largest absolute Gasteiger partial charge is 0.481 e. The van der Waals surface area contributed by atoms with Crippen LogP contribution in [0.4, 0.5) is 4.79 Å². The number of aliphatic carboxylic acids is 1. The van der Waals surface area contributed by atoms with Gasteiger partial charge in [-0.25, -0.2) is 4.79 Å². The summed E-state index contributed by atoms with van der Waals surface area (Å²) < 4.78 is 5.58. The molecule has 0 bridgehead atoms. The number of nitrogens with zero attached hydrogens (tertiary/aromatic N) is 1. The number of carboxylic acid groups (broad SMARTS) is 1. The van der Waals surface area contributed by atoms with Crippen molar-refractivity contribution in [1.82, 2.24) is 10.2 Å². The van der Waals surface area contributed by atoms with Gasteiger partial charge in [0.2, 0.25) is 5.91 Å². The molecule has 1 aliphatic heterocycles. The summed E-state index contributed by atoms with van der Waals surface area (Å²) >= 11 is 0. The summed E-state index contributed by atoms with van der Waals surface area (Å²) in [6.45, 7) is 7.73. The topological polar surface area (TPSA) is 95.9 Å². The Balaban J connectivity index is 1.42. The van der Waals surface area contributed by atoms with Crippen molar-refractivity contribution >= 4 is 18.0 Å². The number of carboxylic acids is 1. The van der Waals surface area contributed by atoms with Crippen molar-refractivity contribution in [3.8, 4) is 11.1 Å². The number of hydrogen-bond donors (Lipinski definition) is 2. The summed E-state index contributed by atoms with van der Waals surface area (Å²) in [6, 6.07) is 15.3. The van der Waals surface area contributed by atoms with Gasteiger partial charge in [-0.05, 0) is 41.5 Å². The first-order valence-corrected chi connectivity index (χ1v) is 11.5. The van der Waals surface area contributed by atoms with Gasteiger partial charge in [0.15, 0.2) is 0 Å². The molecule has 2 aliphatic rings. The number of carbonyl (C=O) groups is 3. The third kappa shape index (κ3) is 4.18. The Morgan fingerprint density at radius 2 is 1.76 bits per heavy atom. The summed E-state index contributed by atoms with van der Waals surface area (Å²) in [5.74, 6) is -1.54. The van der Waals surface area contributed by atoms with Gasteiger partial charge in [0.25, 0.3) is 0 Å². The third-order valence-corrected chi connectivity index (χ3v) is 7.24. The summed E-state index contributed by atoms with van der Waals surface area (Å²) in [6.07, 6.45) is 1.09. The lowest BCUT2D eigenvalue weighted by molar-refractivity contribution is -0.149. The number of likely N-dealkylation sites (tertiary alicyclic amines) is 1. The SMILES string of the molecule is C=CCC(NC(=O)OCC1c2ccccc2-c2ccccc21)C(=O)N1CC(C)C(C)(C(=O)O)C1. The minimum atomic E-state index is -1.02. The van der Waals surface area contributed by atoms with Crippen LogP contribution in [0.5, 0.6) is 0 Å². The fraction of sp³-hybridized carbons (Fsp3) is 0.370. The quantitative estimate of drug-likeness (QED) is 0.606. The van der Waals surface area contributed by atoms with Gasteiger partial charge in [0.05, 0.1) is 5.41 Å². The van der Waals surface area contributed by atoms with E-state index in [1.54, 1.807) is 13.0 Å². The number of rotatable bonds is 7. The van der Waals surface area contributed by atoms with E-state index in [0.717, 1.165) is 22.3 Å². The van der Waals surface area contributed by atoms with E-state index in [2.05, 4.69) is 24.0 Å². The Morgan fingerprint density at radius 1 is 1.18 bits per heavy atom. The molecule has 1 aliphatic carbocycles. The molecule has 2 N–H and O–H groups in total. The Morgan fingerprint density at radius 3 is 2.29 bits per heavy atom. The number of hydrogen-bond acceptors (Lipinski definition) is 4. The van der Waals surface area contributed by atoms with Crippen LogP contribution in [0, 0.1) is 11.3 Å². The van der Waals surface area contributed by atoms with Gasteiger partial charge in [0.1, 0.15) is 12.6 Å². The number of carbonyl (C=O) groups excluding carboxylic acids is 2. The third-order valence-electron chi connectivity index (χ3n) is 7.24. The molecular weight excluding hydrogens is 432 g/mol. The molecule has 1 heterocycles. The summed E-state index contributed by atoms with van der Waals surface area (Å²) in [4.78, 5) is 39.1. The van der Waals surface area contributed by atoms with Gasteiger partial charge in [-0.3, -0.25) is 9.59 Å². The van der Waals surface area contributed by atoms with Crippen molar-refractivity contribution < 1.29 is 24.2 Å². The van der Waals surface area contributed by atoms with E-state index in [1.165, 1.54) is 4.90 Å². The van der Waals surface area contributed by atoms with Crippen molar-refractivity contribution in [3.63, 3.8) is 0 Å². The van der Waals surface area contributed by atoms with Gasteiger partial charge >= 0.3 is 12.1 Å². The molecule has 1 fully saturated rings. The molecule has 0 aromatic heterocycles.